The molecule has 0 saturated heterocycles. The largest absolute Gasteiger partial charge is 0.308 e. The fourth-order valence-corrected chi connectivity index (χ4v) is 9.35. The molecule has 0 fully saturated rings. The molecule has 0 amide bonds. The summed E-state index contributed by atoms with van der Waals surface area (Å²) in [6.07, 6.45) is 0. The van der Waals surface area contributed by atoms with Gasteiger partial charge in [0.05, 0.1) is 38.8 Å². The quantitative estimate of drug-likeness (QED) is 0.182. The minimum atomic E-state index is -0.158. The van der Waals surface area contributed by atoms with E-state index in [1.807, 2.05) is 0 Å². The van der Waals surface area contributed by atoms with E-state index >= 15 is 0 Å². The van der Waals surface area contributed by atoms with Crippen LogP contribution in [0.15, 0.2) is 133 Å². The van der Waals surface area contributed by atoms with E-state index in [9.17, 15) is 0 Å². The maximum atomic E-state index is 5.58. The number of benzene rings is 7. The van der Waals surface area contributed by atoms with E-state index in [-0.39, 0.29) is 5.41 Å². The summed E-state index contributed by atoms with van der Waals surface area (Å²) in [6, 6.07) is 48.7. The third-order valence-electron chi connectivity index (χ3n) is 11.4. The molecule has 0 spiro atoms. The van der Waals surface area contributed by atoms with Crippen molar-refractivity contribution in [3.05, 3.63) is 145 Å². The summed E-state index contributed by atoms with van der Waals surface area (Å²) in [6.45, 7) is 4.64. The number of fused-ring (bicyclic) bond motifs is 14. The van der Waals surface area contributed by atoms with Crippen LogP contribution in [0.1, 0.15) is 25.0 Å². The van der Waals surface area contributed by atoms with E-state index < -0.39 is 0 Å². The maximum absolute atomic E-state index is 5.58. The Morgan fingerprint density at radius 2 is 1.20 bits per heavy atom. The molecular weight excluding hydrogens is 597 g/mol. The van der Waals surface area contributed by atoms with Crippen LogP contribution in [-0.4, -0.2) is 18.9 Å². The minimum absolute atomic E-state index is 0.158. The van der Waals surface area contributed by atoms with Gasteiger partial charge in [0, 0.05) is 48.7 Å². The standard InChI is InChI=1S/C45H28N4/c1-45(2)32-17-8-5-15-28(32)41-40-33(45)18-11-19-34(40)46-44(47-41)49-37-23-22-25-12-3-4-13-26(25)38(37)31-24-30-27-14-6-9-20-35(27)48-36-21-10-7-16-29(36)39(42(30)48)43(31)49/h3-24H,1-2H3. The van der Waals surface area contributed by atoms with Gasteiger partial charge >= 0.3 is 0 Å². The van der Waals surface area contributed by atoms with Crippen molar-refractivity contribution in [2.75, 3.05) is 0 Å². The van der Waals surface area contributed by atoms with Crippen LogP contribution in [0.2, 0.25) is 0 Å². The third kappa shape index (κ3) is 2.98. The van der Waals surface area contributed by atoms with Crippen LogP contribution in [0.5, 0.6) is 0 Å². The van der Waals surface area contributed by atoms with Crippen LogP contribution in [0.3, 0.4) is 0 Å². The van der Waals surface area contributed by atoms with Crippen molar-refractivity contribution in [1.82, 2.24) is 18.9 Å². The fraction of sp³-hybridized carbons (Fsp3) is 0.0667. The van der Waals surface area contributed by atoms with E-state index in [1.54, 1.807) is 0 Å². The first-order valence-corrected chi connectivity index (χ1v) is 17.0. The van der Waals surface area contributed by atoms with Crippen LogP contribution in [0.25, 0.3) is 98.8 Å². The molecule has 1 aliphatic rings. The van der Waals surface area contributed by atoms with Gasteiger partial charge in [-0.15, -0.1) is 0 Å². The van der Waals surface area contributed by atoms with Gasteiger partial charge in [0.2, 0.25) is 5.95 Å². The SMILES string of the molecule is CC1(C)c2ccccc2-c2nc(-n3c4ccc5ccccc5c4c4cc5c6ccccc6n6c7ccccc7c(c43)c56)nc3cccc1c23. The topological polar surface area (TPSA) is 35.1 Å². The summed E-state index contributed by atoms with van der Waals surface area (Å²) in [5.74, 6) is 0.701. The lowest BCUT2D eigenvalue weighted by Gasteiger charge is -2.34. The number of rotatable bonds is 1. The lowest BCUT2D eigenvalue weighted by Crippen LogP contribution is -2.24. The molecule has 7 aromatic carbocycles. The molecule has 4 heteroatoms. The van der Waals surface area contributed by atoms with Gasteiger partial charge in [0.15, 0.2) is 0 Å². The summed E-state index contributed by atoms with van der Waals surface area (Å²) < 4.78 is 4.82. The van der Waals surface area contributed by atoms with E-state index in [4.69, 9.17) is 9.97 Å². The number of para-hydroxylation sites is 2. The molecule has 228 valence electrons. The van der Waals surface area contributed by atoms with Crippen molar-refractivity contribution in [2.45, 2.75) is 19.3 Å². The van der Waals surface area contributed by atoms with Crippen molar-refractivity contribution >= 4 is 81.6 Å². The Bertz CT molecular complexity index is 3250. The van der Waals surface area contributed by atoms with Gasteiger partial charge in [-0.3, -0.25) is 4.57 Å². The smallest absolute Gasteiger partial charge is 0.235 e. The lowest BCUT2D eigenvalue weighted by atomic mass is 9.70. The first-order valence-electron chi connectivity index (χ1n) is 17.0. The van der Waals surface area contributed by atoms with Crippen LogP contribution >= 0.6 is 0 Å². The third-order valence-corrected chi connectivity index (χ3v) is 11.4. The van der Waals surface area contributed by atoms with Gasteiger partial charge in [-0.05, 0) is 52.2 Å². The van der Waals surface area contributed by atoms with Crippen molar-refractivity contribution in [2.24, 2.45) is 0 Å². The highest BCUT2D eigenvalue weighted by molar-refractivity contribution is 6.36. The Morgan fingerprint density at radius 1 is 0.490 bits per heavy atom. The van der Waals surface area contributed by atoms with Gasteiger partial charge in [0.25, 0.3) is 0 Å². The molecule has 0 bridgehead atoms. The molecule has 1 aliphatic carbocycles. The summed E-state index contributed by atoms with van der Waals surface area (Å²) >= 11 is 0. The summed E-state index contributed by atoms with van der Waals surface area (Å²) in [4.78, 5) is 11.0. The van der Waals surface area contributed by atoms with Crippen molar-refractivity contribution in [1.29, 1.82) is 0 Å². The van der Waals surface area contributed by atoms with Crippen LogP contribution < -0.4 is 0 Å². The van der Waals surface area contributed by atoms with Crippen molar-refractivity contribution in [3.8, 4) is 17.2 Å². The molecular formula is C45H28N4. The second kappa shape index (κ2) is 8.60. The lowest BCUT2D eigenvalue weighted by molar-refractivity contribution is 0.643. The van der Waals surface area contributed by atoms with Gasteiger partial charge < -0.3 is 4.40 Å². The molecule has 0 aliphatic heterocycles. The Labute approximate surface area is 280 Å². The number of hydrogen-bond donors (Lipinski definition) is 0. The first kappa shape index (κ1) is 25.8. The summed E-state index contributed by atoms with van der Waals surface area (Å²) in [5.41, 5.74) is 11.5. The second-order valence-electron chi connectivity index (χ2n) is 14.2. The van der Waals surface area contributed by atoms with Crippen LogP contribution in [0.4, 0.5) is 0 Å². The normalized spacial score (nSPS) is 14.1. The fourth-order valence-electron chi connectivity index (χ4n) is 9.35. The molecule has 0 atom stereocenters. The zero-order chi connectivity index (χ0) is 32.2. The number of aromatic nitrogens is 4. The van der Waals surface area contributed by atoms with E-state index in [0.29, 0.717) is 5.95 Å². The number of hydrogen-bond acceptors (Lipinski definition) is 2. The molecule has 0 radical (unpaired) electrons. The van der Waals surface area contributed by atoms with E-state index in [1.165, 1.54) is 76.3 Å². The molecule has 0 unspecified atom stereocenters. The Kier molecular flexibility index (Phi) is 4.53. The number of nitrogens with zero attached hydrogens (tertiary/aromatic N) is 4. The molecule has 49 heavy (non-hydrogen) atoms. The van der Waals surface area contributed by atoms with Crippen LogP contribution in [0, 0.1) is 0 Å². The maximum Gasteiger partial charge on any atom is 0.235 e. The minimum Gasteiger partial charge on any atom is -0.308 e. The van der Waals surface area contributed by atoms with Gasteiger partial charge in [-0.25, -0.2) is 9.97 Å². The van der Waals surface area contributed by atoms with Crippen molar-refractivity contribution in [3.63, 3.8) is 0 Å². The monoisotopic (exact) mass is 624 g/mol. The zero-order valence-electron chi connectivity index (χ0n) is 27.0. The van der Waals surface area contributed by atoms with Crippen LogP contribution in [-0.2, 0) is 5.41 Å². The van der Waals surface area contributed by atoms with Crippen molar-refractivity contribution < 1.29 is 0 Å². The zero-order valence-corrected chi connectivity index (χ0v) is 27.0. The van der Waals surface area contributed by atoms with E-state index in [0.717, 1.165) is 27.6 Å². The molecule has 4 heterocycles. The molecule has 12 rings (SSSR count). The van der Waals surface area contributed by atoms with Gasteiger partial charge in [-0.1, -0.05) is 117 Å². The highest BCUT2D eigenvalue weighted by atomic mass is 15.2. The Morgan fingerprint density at radius 3 is 2.08 bits per heavy atom. The van der Waals surface area contributed by atoms with E-state index in [2.05, 4.69) is 156 Å². The predicted octanol–water partition coefficient (Wildman–Crippen LogP) is 11.3. The van der Waals surface area contributed by atoms with Gasteiger partial charge in [-0.2, -0.15) is 0 Å². The second-order valence-corrected chi connectivity index (χ2v) is 14.2. The molecule has 4 aromatic heterocycles. The summed E-state index contributed by atoms with van der Waals surface area (Å²) in [7, 11) is 0. The predicted molar refractivity (Wildman–Crippen MR) is 204 cm³/mol. The molecule has 0 saturated carbocycles. The molecule has 11 aromatic rings. The summed E-state index contributed by atoms with van der Waals surface area (Å²) in [5, 5.41) is 11.1. The first-order chi connectivity index (χ1) is 24.1. The Hall–Kier alpha value is -6.26. The molecule has 4 nitrogen and oxygen atoms in total. The highest BCUT2D eigenvalue weighted by Gasteiger charge is 2.35. The average Bonchev–Trinajstić information content (AvgIpc) is 3.78. The average molecular weight is 625 g/mol. The molecule has 0 N–H and O–H groups in total. The highest BCUT2D eigenvalue weighted by Crippen LogP contribution is 2.50. The van der Waals surface area contributed by atoms with Gasteiger partial charge in [0.1, 0.15) is 0 Å². The Balaban J connectivity index is 1.36.